The van der Waals surface area contributed by atoms with Crippen molar-refractivity contribution >= 4 is 63.2 Å². The SMILES string of the molecule is C=CCn1c(SCC(=O)Nc2sc3c(c2C(=O)OCC)CCC3)nnc1C(C)Oc1cc(Cl)ccc1Cl. The summed E-state index contributed by atoms with van der Waals surface area (Å²) in [6.07, 6.45) is 3.95. The summed E-state index contributed by atoms with van der Waals surface area (Å²) >= 11 is 15.0. The second kappa shape index (κ2) is 12.3. The maximum absolute atomic E-state index is 12.9. The van der Waals surface area contributed by atoms with Gasteiger partial charge >= 0.3 is 5.97 Å². The quantitative estimate of drug-likeness (QED) is 0.160. The number of aryl methyl sites for hydroxylation is 1. The number of anilines is 1. The van der Waals surface area contributed by atoms with E-state index in [0.29, 0.717) is 43.9 Å². The van der Waals surface area contributed by atoms with Gasteiger partial charge in [0.2, 0.25) is 5.91 Å². The number of hydrogen-bond donors (Lipinski definition) is 1. The Morgan fingerprint density at radius 2 is 2.14 bits per heavy atom. The zero-order valence-electron chi connectivity index (χ0n) is 20.4. The number of halogens is 2. The first-order valence-corrected chi connectivity index (χ1v) is 14.3. The highest BCUT2D eigenvalue weighted by molar-refractivity contribution is 7.99. The molecule has 1 amide bonds. The molecule has 1 aromatic carbocycles. The van der Waals surface area contributed by atoms with E-state index in [0.717, 1.165) is 29.7 Å². The number of thioether (sulfide) groups is 1. The Balaban J connectivity index is 1.46. The van der Waals surface area contributed by atoms with E-state index in [-0.39, 0.29) is 18.3 Å². The highest BCUT2D eigenvalue weighted by Gasteiger charge is 2.28. The number of nitrogens with zero attached hydrogens (tertiary/aromatic N) is 3. The van der Waals surface area contributed by atoms with Crippen LogP contribution in [0.1, 0.15) is 53.0 Å². The lowest BCUT2D eigenvalue weighted by molar-refractivity contribution is -0.113. The van der Waals surface area contributed by atoms with E-state index in [4.69, 9.17) is 32.7 Å². The average molecular weight is 582 g/mol. The molecule has 196 valence electrons. The van der Waals surface area contributed by atoms with Crippen LogP contribution in [0.15, 0.2) is 36.0 Å². The Hall–Kier alpha value is -2.53. The molecule has 2 heterocycles. The summed E-state index contributed by atoms with van der Waals surface area (Å²) in [6.45, 7) is 8.11. The van der Waals surface area contributed by atoms with Crippen molar-refractivity contribution in [3.05, 3.63) is 62.7 Å². The number of carbonyl (C=O) groups excluding carboxylic acids is 2. The topological polar surface area (TPSA) is 95.3 Å². The molecule has 0 spiro atoms. The van der Waals surface area contributed by atoms with E-state index in [2.05, 4.69) is 22.1 Å². The maximum Gasteiger partial charge on any atom is 0.341 e. The Labute approximate surface area is 233 Å². The molecule has 8 nitrogen and oxygen atoms in total. The van der Waals surface area contributed by atoms with Crippen LogP contribution in [-0.4, -0.2) is 39.0 Å². The van der Waals surface area contributed by atoms with Crippen LogP contribution >= 0.6 is 46.3 Å². The zero-order valence-corrected chi connectivity index (χ0v) is 23.5. The minimum absolute atomic E-state index is 0.0788. The molecule has 12 heteroatoms. The molecular weight excluding hydrogens is 555 g/mol. The summed E-state index contributed by atoms with van der Waals surface area (Å²) < 4.78 is 13.1. The first-order chi connectivity index (χ1) is 17.8. The fourth-order valence-corrected chi connectivity index (χ4v) is 6.40. The summed E-state index contributed by atoms with van der Waals surface area (Å²) in [5.41, 5.74) is 1.48. The van der Waals surface area contributed by atoms with Gasteiger partial charge < -0.3 is 14.8 Å². The fourth-order valence-electron chi connectivity index (χ4n) is 4.02. The minimum atomic E-state index is -0.493. The monoisotopic (exact) mass is 580 g/mol. The second-order valence-corrected chi connectivity index (χ2v) is 11.1. The average Bonchev–Trinajstić information content (AvgIpc) is 3.55. The van der Waals surface area contributed by atoms with Gasteiger partial charge in [-0.05, 0) is 50.8 Å². The molecule has 0 radical (unpaired) electrons. The molecule has 1 N–H and O–H groups in total. The second-order valence-electron chi connectivity index (χ2n) is 8.19. The first-order valence-electron chi connectivity index (χ1n) is 11.7. The third kappa shape index (κ3) is 6.31. The predicted octanol–water partition coefficient (Wildman–Crippen LogP) is 6.37. The van der Waals surface area contributed by atoms with Gasteiger partial charge in [-0.3, -0.25) is 9.36 Å². The third-order valence-corrected chi connectivity index (χ3v) is 8.33. The molecule has 0 saturated heterocycles. The normalized spacial score (nSPS) is 13.2. The van der Waals surface area contributed by atoms with Gasteiger partial charge in [-0.25, -0.2) is 4.79 Å². The largest absolute Gasteiger partial charge is 0.481 e. The summed E-state index contributed by atoms with van der Waals surface area (Å²) in [7, 11) is 0. The summed E-state index contributed by atoms with van der Waals surface area (Å²) in [5, 5.41) is 13.5. The standard InChI is InChI=1S/C25H26Cl2N4O4S2/c1-4-11-31-22(14(3)35-18-12-15(26)9-10-17(18)27)29-30-25(31)36-13-20(32)28-23-21(24(33)34-5-2)16-7-6-8-19(16)37-23/h4,9-10,12,14H,1,5-8,11,13H2,2-3H3,(H,28,32). The van der Waals surface area contributed by atoms with Crippen molar-refractivity contribution in [3.63, 3.8) is 0 Å². The van der Waals surface area contributed by atoms with Crippen LogP contribution in [0.25, 0.3) is 0 Å². The Bertz CT molecular complexity index is 1320. The van der Waals surface area contributed by atoms with E-state index >= 15 is 0 Å². The lowest BCUT2D eigenvalue weighted by Crippen LogP contribution is -2.17. The van der Waals surface area contributed by atoms with Crippen molar-refractivity contribution in [3.8, 4) is 5.75 Å². The van der Waals surface area contributed by atoms with Gasteiger partial charge in [-0.15, -0.1) is 28.1 Å². The lowest BCUT2D eigenvalue weighted by Gasteiger charge is -2.16. The molecule has 0 aliphatic heterocycles. The summed E-state index contributed by atoms with van der Waals surface area (Å²) in [6, 6.07) is 4.98. The number of allylic oxidation sites excluding steroid dienone is 1. The molecule has 1 unspecified atom stereocenters. The highest BCUT2D eigenvalue weighted by atomic mass is 35.5. The van der Waals surface area contributed by atoms with Crippen molar-refractivity contribution in [1.82, 2.24) is 14.8 Å². The molecule has 0 saturated carbocycles. The Morgan fingerprint density at radius 1 is 1.32 bits per heavy atom. The van der Waals surface area contributed by atoms with Crippen LogP contribution in [-0.2, 0) is 28.9 Å². The minimum Gasteiger partial charge on any atom is -0.481 e. The van der Waals surface area contributed by atoms with Crippen LogP contribution in [0.5, 0.6) is 5.75 Å². The van der Waals surface area contributed by atoms with Crippen LogP contribution < -0.4 is 10.1 Å². The van der Waals surface area contributed by atoms with Gasteiger partial charge in [-0.1, -0.05) is 41.0 Å². The molecule has 3 aromatic rings. The molecule has 0 bridgehead atoms. The van der Waals surface area contributed by atoms with E-state index in [9.17, 15) is 9.59 Å². The fraction of sp³-hybridized carbons (Fsp3) is 0.360. The lowest BCUT2D eigenvalue weighted by atomic mass is 10.1. The molecule has 1 aliphatic rings. The molecule has 1 aliphatic carbocycles. The number of benzene rings is 1. The number of amides is 1. The van der Waals surface area contributed by atoms with Crippen molar-refractivity contribution < 1.29 is 19.1 Å². The highest BCUT2D eigenvalue weighted by Crippen LogP contribution is 2.39. The van der Waals surface area contributed by atoms with Crippen LogP contribution in [0.2, 0.25) is 10.0 Å². The number of carbonyl (C=O) groups is 2. The third-order valence-electron chi connectivity index (χ3n) is 5.60. The molecule has 4 rings (SSSR count). The Kier molecular flexibility index (Phi) is 9.17. The smallest absolute Gasteiger partial charge is 0.341 e. The maximum atomic E-state index is 12.9. The van der Waals surface area contributed by atoms with Crippen molar-refractivity contribution in [2.24, 2.45) is 0 Å². The van der Waals surface area contributed by atoms with Gasteiger partial charge in [0.15, 0.2) is 17.1 Å². The van der Waals surface area contributed by atoms with Crippen LogP contribution in [0, 0.1) is 0 Å². The van der Waals surface area contributed by atoms with E-state index in [1.165, 1.54) is 23.1 Å². The number of fused-ring (bicyclic) bond motifs is 1. The molecule has 0 fully saturated rings. The zero-order chi connectivity index (χ0) is 26.5. The van der Waals surface area contributed by atoms with Crippen molar-refractivity contribution in [2.75, 3.05) is 17.7 Å². The Morgan fingerprint density at radius 3 is 2.89 bits per heavy atom. The van der Waals surface area contributed by atoms with E-state index in [1.54, 1.807) is 31.2 Å². The molecule has 2 aromatic heterocycles. The predicted molar refractivity (Wildman–Crippen MR) is 147 cm³/mol. The van der Waals surface area contributed by atoms with E-state index in [1.807, 2.05) is 11.5 Å². The number of nitrogens with one attached hydrogen (secondary N) is 1. The van der Waals surface area contributed by atoms with Gasteiger partial charge in [0.25, 0.3) is 0 Å². The number of ether oxygens (including phenoxy) is 2. The molecular formula is C25H26Cl2N4O4S2. The molecule has 37 heavy (non-hydrogen) atoms. The van der Waals surface area contributed by atoms with Gasteiger partial charge in [-0.2, -0.15) is 0 Å². The number of hydrogen-bond acceptors (Lipinski definition) is 8. The van der Waals surface area contributed by atoms with E-state index < -0.39 is 12.1 Å². The number of esters is 1. The molecule has 1 atom stereocenters. The van der Waals surface area contributed by atoms with Crippen molar-refractivity contribution in [1.29, 1.82) is 0 Å². The summed E-state index contributed by atoms with van der Waals surface area (Å²) in [5.74, 6) is 0.422. The van der Waals surface area contributed by atoms with Crippen LogP contribution in [0.4, 0.5) is 5.00 Å². The number of aromatic nitrogens is 3. The van der Waals surface area contributed by atoms with Crippen LogP contribution in [0.3, 0.4) is 0 Å². The summed E-state index contributed by atoms with van der Waals surface area (Å²) in [4.78, 5) is 26.6. The van der Waals surface area contributed by atoms with Crippen molar-refractivity contribution in [2.45, 2.75) is 50.9 Å². The van der Waals surface area contributed by atoms with Gasteiger partial charge in [0.1, 0.15) is 10.8 Å². The van der Waals surface area contributed by atoms with Gasteiger partial charge in [0, 0.05) is 22.5 Å². The first kappa shape index (κ1) is 27.5. The van der Waals surface area contributed by atoms with Gasteiger partial charge in [0.05, 0.1) is 22.9 Å². The number of thiophene rings is 1. The number of rotatable bonds is 11.